The highest BCUT2D eigenvalue weighted by Gasteiger charge is 2.19. The second-order valence-electron chi connectivity index (χ2n) is 5.86. The van der Waals surface area contributed by atoms with Gasteiger partial charge in [0.05, 0.1) is 31.1 Å². The molecule has 6 N–H and O–H groups in total. The van der Waals surface area contributed by atoms with Gasteiger partial charge in [0, 0.05) is 13.1 Å². The predicted octanol–water partition coefficient (Wildman–Crippen LogP) is 1.61. The zero-order valence-corrected chi connectivity index (χ0v) is 16.1. The molecule has 0 radical (unpaired) electrons. The van der Waals surface area contributed by atoms with Crippen molar-refractivity contribution in [2.75, 3.05) is 26.8 Å². The number of methoxy groups -OCH3 is 1. The summed E-state index contributed by atoms with van der Waals surface area (Å²) in [6.07, 6.45) is 1.72. The van der Waals surface area contributed by atoms with Crippen molar-refractivity contribution in [1.29, 1.82) is 0 Å². The Balaban J connectivity index is 0.000000273. The van der Waals surface area contributed by atoms with Crippen LogP contribution in [0, 0.1) is 6.92 Å². The largest absolute Gasteiger partial charge is 0.465 e. The molecule has 1 atom stereocenters. The molecule has 0 aliphatic carbocycles. The molecule has 7 nitrogen and oxygen atoms in total. The van der Waals surface area contributed by atoms with E-state index in [0.29, 0.717) is 17.9 Å². The van der Waals surface area contributed by atoms with E-state index >= 15 is 0 Å². The molecule has 26 heavy (non-hydrogen) atoms. The van der Waals surface area contributed by atoms with Crippen molar-refractivity contribution in [3.8, 4) is 0 Å². The van der Waals surface area contributed by atoms with Crippen LogP contribution >= 0.6 is 11.6 Å². The first-order valence-electron chi connectivity index (χ1n) is 8.14. The van der Waals surface area contributed by atoms with Crippen molar-refractivity contribution in [2.45, 2.75) is 20.0 Å². The number of benzene rings is 1. The van der Waals surface area contributed by atoms with E-state index in [1.165, 1.54) is 7.11 Å². The van der Waals surface area contributed by atoms with Crippen LogP contribution in [0.4, 0.5) is 0 Å². The number of rotatable bonds is 3. The standard InChI is InChI=1S/C9H17ClN4O.C9H10O2/c1-6-5-14(2-3-15-6)7(9(12)13)4-8(10)11;1-7-4-3-5-8(6-7)9(10)11-2/h4,6H,2-3,5,11-13H2,1H3;3-6H,1-2H3/b8-4-;. The third-order valence-electron chi connectivity index (χ3n) is 3.59. The molecule has 8 heteroatoms. The Bertz CT molecular complexity index is 668. The summed E-state index contributed by atoms with van der Waals surface area (Å²) < 4.78 is 9.96. The highest BCUT2D eigenvalue weighted by atomic mass is 35.5. The Morgan fingerprint density at radius 2 is 2.08 bits per heavy atom. The van der Waals surface area contributed by atoms with Gasteiger partial charge in [0.25, 0.3) is 0 Å². The molecular formula is C18H27ClN4O3. The molecule has 1 saturated heterocycles. The summed E-state index contributed by atoms with van der Waals surface area (Å²) in [5, 5.41) is 0.164. The normalized spacial score (nSPS) is 17.0. The van der Waals surface area contributed by atoms with Gasteiger partial charge in [0.15, 0.2) is 0 Å². The monoisotopic (exact) mass is 382 g/mol. The Kier molecular flexibility index (Phi) is 8.81. The summed E-state index contributed by atoms with van der Waals surface area (Å²) in [6.45, 7) is 6.04. The zero-order chi connectivity index (χ0) is 19.7. The summed E-state index contributed by atoms with van der Waals surface area (Å²) >= 11 is 5.61. The Labute approximate surface area is 159 Å². The average molecular weight is 383 g/mol. The number of hydrogen-bond acceptors (Lipinski definition) is 7. The Hall–Kier alpha value is -2.38. The molecule has 1 aliphatic heterocycles. The van der Waals surface area contributed by atoms with Crippen molar-refractivity contribution < 1.29 is 14.3 Å². The molecule has 1 heterocycles. The first-order valence-corrected chi connectivity index (χ1v) is 8.51. The van der Waals surface area contributed by atoms with Gasteiger partial charge in [0.1, 0.15) is 11.0 Å². The van der Waals surface area contributed by atoms with E-state index < -0.39 is 0 Å². The van der Waals surface area contributed by atoms with Crippen molar-refractivity contribution in [1.82, 2.24) is 4.90 Å². The summed E-state index contributed by atoms with van der Waals surface area (Å²) in [7, 11) is 1.38. The zero-order valence-electron chi connectivity index (χ0n) is 15.4. The van der Waals surface area contributed by atoms with Crippen molar-refractivity contribution in [3.05, 3.63) is 58.1 Å². The van der Waals surface area contributed by atoms with Crippen LogP contribution in [0.1, 0.15) is 22.8 Å². The van der Waals surface area contributed by atoms with Gasteiger partial charge in [-0.2, -0.15) is 0 Å². The van der Waals surface area contributed by atoms with Crippen LogP contribution in [0.3, 0.4) is 0 Å². The maximum atomic E-state index is 10.9. The van der Waals surface area contributed by atoms with Gasteiger partial charge in [0.2, 0.25) is 0 Å². The molecular weight excluding hydrogens is 356 g/mol. The molecule has 0 saturated carbocycles. The quantitative estimate of drug-likeness (QED) is 0.413. The summed E-state index contributed by atoms with van der Waals surface area (Å²) in [4.78, 5) is 13.0. The van der Waals surface area contributed by atoms with Gasteiger partial charge in [-0.1, -0.05) is 29.3 Å². The van der Waals surface area contributed by atoms with Crippen LogP contribution in [-0.4, -0.2) is 43.8 Å². The number of carbonyl (C=O) groups is 1. The van der Waals surface area contributed by atoms with Crippen LogP contribution < -0.4 is 17.2 Å². The first-order chi connectivity index (χ1) is 12.2. The molecule has 0 spiro atoms. The number of carbonyl (C=O) groups excluding carboxylic acids is 1. The lowest BCUT2D eigenvalue weighted by atomic mass is 10.1. The minimum atomic E-state index is -0.284. The Morgan fingerprint density at radius 3 is 2.58 bits per heavy atom. The van der Waals surface area contributed by atoms with Gasteiger partial charge in [-0.3, -0.25) is 0 Å². The second-order valence-corrected chi connectivity index (χ2v) is 6.29. The fourth-order valence-electron chi connectivity index (χ4n) is 2.41. The van der Waals surface area contributed by atoms with Crippen molar-refractivity contribution in [2.24, 2.45) is 17.2 Å². The van der Waals surface area contributed by atoms with Crippen LogP contribution in [0.15, 0.2) is 47.0 Å². The van der Waals surface area contributed by atoms with E-state index in [-0.39, 0.29) is 23.1 Å². The van der Waals surface area contributed by atoms with E-state index in [1.54, 1.807) is 18.2 Å². The fourth-order valence-corrected chi connectivity index (χ4v) is 2.52. The third-order valence-corrected chi connectivity index (χ3v) is 3.70. The van der Waals surface area contributed by atoms with Gasteiger partial charge >= 0.3 is 5.97 Å². The van der Waals surface area contributed by atoms with E-state index in [2.05, 4.69) is 4.74 Å². The number of ether oxygens (including phenoxy) is 2. The molecule has 1 unspecified atom stereocenters. The number of aryl methyl sites for hydroxylation is 1. The summed E-state index contributed by atoms with van der Waals surface area (Å²) in [6, 6.07) is 7.30. The predicted molar refractivity (Wildman–Crippen MR) is 103 cm³/mol. The Morgan fingerprint density at radius 1 is 1.38 bits per heavy atom. The molecule has 1 aromatic carbocycles. The number of nitrogens with two attached hydrogens (primary N) is 3. The van der Waals surface area contributed by atoms with Crippen LogP contribution in [0.5, 0.6) is 0 Å². The van der Waals surface area contributed by atoms with Gasteiger partial charge in [-0.05, 0) is 32.1 Å². The molecule has 0 amide bonds. The molecule has 0 bridgehead atoms. The minimum Gasteiger partial charge on any atom is -0.465 e. The van der Waals surface area contributed by atoms with E-state index in [1.807, 2.05) is 30.9 Å². The number of esters is 1. The number of morpholine rings is 1. The average Bonchev–Trinajstić information content (AvgIpc) is 2.59. The van der Waals surface area contributed by atoms with Crippen LogP contribution in [0.2, 0.25) is 0 Å². The van der Waals surface area contributed by atoms with Crippen molar-refractivity contribution in [3.63, 3.8) is 0 Å². The lowest BCUT2D eigenvalue weighted by Gasteiger charge is -2.33. The van der Waals surface area contributed by atoms with E-state index in [0.717, 1.165) is 18.7 Å². The van der Waals surface area contributed by atoms with E-state index in [4.69, 9.17) is 33.5 Å². The lowest BCUT2D eigenvalue weighted by molar-refractivity contribution is -0.00488. The summed E-state index contributed by atoms with van der Waals surface area (Å²) in [5.74, 6) is -0.0681. The number of halogens is 1. The number of allylic oxidation sites excluding steroid dienone is 1. The van der Waals surface area contributed by atoms with Gasteiger partial charge < -0.3 is 31.6 Å². The third kappa shape index (κ3) is 7.25. The highest BCUT2D eigenvalue weighted by Crippen LogP contribution is 2.14. The molecule has 144 valence electrons. The number of hydrogen-bond donors (Lipinski definition) is 3. The van der Waals surface area contributed by atoms with Gasteiger partial charge in [-0.25, -0.2) is 4.79 Å². The second kappa shape index (κ2) is 10.6. The van der Waals surface area contributed by atoms with Crippen LogP contribution in [0.25, 0.3) is 0 Å². The fraction of sp³-hybridized carbons (Fsp3) is 0.389. The summed E-state index contributed by atoms with van der Waals surface area (Å²) in [5.41, 5.74) is 18.9. The maximum Gasteiger partial charge on any atom is 0.337 e. The highest BCUT2D eigenvalue weighted by molar-refractivity contribution is 6.29. The maximum absolute atomic E-state index is 10.9. The van der Waals surface area contributed by atoms with Crippen LogP contribution in [-0.2, 0) is 9.47 Å². The number of nitrogens with zero attached hydrogens (tertiary/aromatic N) is 1. The lowest BCUT2D eigenvalue weighted by Crippen LogP contribution is -2.41. The SMILES string of the molecule is CC1CN(C(/C=C(\N)Cl)=C(N)N)CCO1.COC(=O)c1cccc(C)c1. The molecule has 2 rings (SSSR count). The molecule has 0 aromatic heterocycles. The van der Waals surface area contributed by atoms with E-state index in [9.17, 15) is 4.79 Å². The van der Waals surface area contributed by atoms with Crippen molar-refractivity contribution >= 4 is 17.6 Å². The first kappa shape index (κ1) is 21.7. The topological polar surface area (TPSA) is 117 Å². The molecule has 1 aromatic rings. The minimum absolute atomic E-state index is 0.151. The smallest absolute Gasteiger partial charge is 0.337 e. The van der Waals surface area contributed by atoms with Gasteiger partial charge in [-0.15, -0.1) is 0 Å². The molecule has 1 aliphatic rings. The molecule has 1 fully saturated rings.